The minimum atomic E-state index is -0.417. The lowest BCUT2D eigenvalue weighted by atomic mass is 10.0. The van der Waals surface area contributed by atoms with E-state index < -0.39 is 5.82 Å². The maximum absolute atomic E-state index is 13.3. The molecule has 2 aromatic rings. The summed E-state index contributed by atoms with van der Waals surface area (Å²) in [4.78, 5) is 8.22. The van der Waals surface area contributed by atoms with Crippen molar-refractivity contribution in [3.8, 4) is 5.88 Å². The number of ether oxygens (including phenoxy) is 1. The average molecular weight is 310 g/mol. The van der Waals surface area contributed by atoms with Crippen molar-refractivity contribution in [3.05, 3.63) is 52.7 Å². The summed E-state index contributed by atoms with van der Waals surface area (Å²) < 4.78 is 18.4. The third-order valence-corrected chi connectivity index (χ3v) is 3.41. The first-order valence-corrected chi connectivity index (χ1v) is 7.05. The maximum Gasteiger partial charge on any atom is 0.216 e. The van der Waals surface area contributed by atoms with Crippen LogP contribution in [0.4, 0.5) is 4.39 Å². The molecule has 4 nitrogen and oxygen atoms in total. The van der Waals surface area contributed by atoms with Crippen molar-refractivity contribution >= 4 is 11.6 Å². The molecule has 6 heteroatoms. The van der Waals surface area contributed by atoms with Crippen LogP contribution in [0.3, 0.4) is 0 Å². The zero-order valence-electron chi connectivity index (χ0n) is 11.9. The van der Waals surface area contributed by atoms with Crippen molar-refractivity contribution in [2.24, 2.45) is 0 Å². The van der Waals surface area contributed by atoms with Crippen molar-refractivity contribution in [2.45, 2.75) is 19.4 Å². The normalized spacial score (nSPS) is 12.2. The van der Waals surface area contributed by atoms with Crippen LogP contribution in [-0.2, 0) is 6.42 Å². The highest BCUT2D eigenvalue weighted by Gasteiger charge is 2.14. The van der Waals surface area contributed by atoms with Crippen molar-refractivity contribution in [1.29, 1.82) is 0 Å². The Labute approximate surface area is 128 Å². The van der Waals surface area contributed by atoms with Gasteiger partial charge >= 0.3 is 0 Å². The van der Waals surface area contributed by atoms with Gasteiger partial charge < -0.3 is 10.1 Å². The fraction of sp³-hybridized carbons (Fsp3) is 0.333. The van der Waals surface area contributed by atoms with Gasteiger partial charge in [0.25, 0.3) is 0 Å². The lowest BCUT2D eigenvalue weighted by Crippen LogP contribution is -2.23. The molecule has 1 heterocycles. The summed E-state index contributed by atoms with van der Waals surface area (Å²) in [5.41, 5.74) is 1.76. The van der Waals surface area contributed by atoms with Crippen LogP contribution in [-0.4, -0.2) is 23.6 Å². The van der Waals surface area contributed by atoms with E-state index in [1.54, 1.807) is 25.3 Å². The van der Waals surface area contributed by atoms with Crippen LogP contribution in [0.2, 0.25) is 5.02 Å². The van der Waals surface area contributed by atoms with Gasteiger partial charge in [-0.1, -0.05) is 24.6 Å². The van der Waals surface area contributed by atoms with E-state index in [1.165, 1.54) is 12.4 Å². The fourth-order valence-corrected chi connectivity index (χ4v) is 2.28. The standard InChI is InChI=1S/C15H17ClFN3O/c1-3-18-14(10-4-5-13(17)12(16)6-10)7-11-8-15(21-2)20-9-19-11/h4-6,8-9,14,18H,3,7H2,1-2H3. The topological polar surface area (TPSA) is 47.0 Å². The molecular weight excluding hydrogens is 293 g/mol. The summed E-state index contributed by atoms with van der Waals surface area (Å²) in [6, 6.07) is 6.53. The maximum atomic E-state index is 13.3. The number of likely N-dealkylation sites (N-methyl/N-ethyl adjacent to an activating group) is 1. The number of methoxy groups -OCH3 is 1. The van der Waals surface area contributed by atoms with E-state index >= 15 is 0 Å². The lowest BCUT2D eigenvalue weighted by Gasteiger charge is -2.18. The molecular formula is C15H17ClFN3O. The Bertz CT molecular complexity index is 609. The Morgan fingerprint density at radius 1 is 1.33 bits per heavy atom. The third-order valence-electron chi connectivity index (χ3n) is 3.12. The molecule has 1 aromatic heterocycles. The zero-order valence-corrected chi connectivity index (χ0v) is 12.7. The fourth-order valence-electron chi connectivity index (χ4n) is 2.09. The summed E-state index contributed by atoms with van der Waals surface area (Å²) >= 11 is 5.86. The smallest absolute Gasteiger partial charge is 0.216 e. The summed E-state index contributed by atoms with van der Waals surface area (Å²) in [6.07, 6.45) is 2.10. The number of nitrogens with one attached hydrogen (secondary N) is 1. The van der Waals surface area contributed by atoms with Gasteiger partial charge in [0.15, 0.2) is 0 Å². The number of benzene rings is 1. The average Bonchev–Trinajstić information content (AvgIpc) is 2.50. The molecule has 112 valence electrons. The van der Waals surface area contributed by atoms with Gasteiger partial charge in [0.2, 0.25) is 5.88 Å². The first-order valence-electron chi connectivity index (χ1n) is 6.67. The quantitative estimate of drug-likeness (QED) is 0.890. The summed E-state index contributed by atoms with van der Waals surface area (Å²) in [5.74, 6) is 0.103. The van der Waals surface area contributed by atoms with Crippen LogP contribution in [0, 0.1) is 5.82 Å². The van der Waals surface area contributed by atoms with Crippen LogP contribution in [0.15, 0.2) is 30.6 Å². The lowest BCUT2D eigenvalue weighted by molar-refractivity contribution is 0.395. The first kappa shape index (κ1) is 15.7. The van der Waals surface area contributed by atoms with E-state index in [-0.39, 0.29) is 11.1 Å². The van der Waals surface area contributed by atoms with E-state index in [0.29, 0.717) is 12.3 Å². The van der Waals surface area contributed by atoms with E-state index in [0.717, 1.165) is 17.8 Å². The molecule has 0 saturated heterocycles. The minimum Gasteiger partial charge on any atom is -0.481 e. The molecule has 0 fully saturated rings. The van der Waals surface area contributed by atoms with E-state index in [4.69, 9.17) is 16.3 Å². The molecule has 0 radical (unpaired) electrons. The van der Waals surface area contributed by atoms with Gasteiger partial charge in [0, 0.05) is 24.2 Å². The monoisotopic (exact) mass is 309 g/mol. The number of aromatic nitrogens is 2. The molecule has 1 aromatic carbocycles. The highest BCUT2D eigenvalue weighted by molar-refractivity contribution is 6.30. The largest absolute Gasteiger partial charge is 0.481 e. The molecule has 0 aliphatic heterocycles. The van der Waals surface area contributed by atoms with Crippen LogP contribution in [0.25, 0.3) is 0 Å². The highest BCUT2D eigenvalue weighted by Crippen LogP contribution is 2.23. The molecule has 1 unspecified atom stereocenters. The van der Waals surface area contributed by atoms with Gasteiger partial charge in [-0.3, -0.25) is 0 Å². The van der Waals surface area contributed by atoms with Crippen molar-refractivity contribution in [1.82, 2.24) is 15.3 Å². The molecule has 0 aliphatic rings. The number of hydrogen-bond acceptors (Lipinski definition) is 4. The molecule has 0 saturated carbocycles. The third kappa shape index (κ3) is 4.12. The van der Waals surface area contributed by atoms with E-state index in [1.807, 2.05) is 6.92 Å². The van der Waals surface area contributed by atoms with Crippen molar-refractivity contribution in [3.63, 3.8) is 0 Å². The van der Waals surface area contributed by atoms with Crippen molar-refractivity contribution < 1.29 is 9.13 Å². The molecule has 2 rings (SSSR count). The highest BCUT2D eigenvalue weighted by atomic mass is 35.5. The second kappa shape index (κ2) is 7.33. The summed E-state index contributed by atoms with van der Waals surface area (Å²) in [5, 5.41) is 3.47. The second-order valence-corrected chi connectivity index (χ2v) is 4.95. The van der Waals surface area contributed by atoms with Crippen LogP contribution < -0.4 is 10.1 Å². The Morgan fingerprint density at radius 3 is 2.81 bits per heavy atom. The molecule has 1 N–H and O–H groups in total. The Hall–Kier alpha value is -1.72. The predicted octanol–water partition coefficient (Wildman–Crippen LogP) is 3.17. The summed E-state index contributed by atoms with van der Waals surface area (Å²) in [6.45, 7) is 2.79. The number of rotatable bonds is 6. The molecule has 0 spiro atoms. The van der Waals surface area contributed by atoms with Gasteiger partial charge in [0.05, 0.1) is 12.1 Å². The SMILES string of the molecule is CCNC(Cc1cc(OC)ncn1)c1ccc(F)c(Cl)c1. The first-order chi connectivity index (χ1) is 10.1. The van der Waals surface area contributed by atoms with Gasteiger partial charge in [0.1, 0.15) is 12.1 Å². The Balaban J connectivity index is 2.23. The number of hydrogen-bond donors (Lipinski definition) is 1. The summed E-state index contributed by atoms with van der Waals surface area (Å²) in [7, 11) is 1.56. The van der Waals surface area contributed by atoms with E-state index in [9.17, 15) is 4.39 Å². The van der Waals surface area contributed by atoms with Gasteiger partial charge in [-0.2, -0.15) is 0 Å². The van der Waals surface area contributed by atoms with Gasteiger partial charge in [-0.05, 0) is 24.2 Å². The molecule has 0 aliphatic carbocycles. The van der Waals surface area contributed by atoms with E-state index in [2.05, 4.69) is 15.3 Å². The van der Waals surface area contributed by atoms with Crippen LogP contribution >= 0.6 is 11.6 Å². The predicted molar refractivity (Wildman–Crippen MR) is 80.1 cm³/mol. The number of halogens is 2. The molecule has 0 bridgehead atoms. The molecule has 21 heavy (non-hydrogen) atoms. The Kier molecular flexibility index (Phi) is 5.47. The minimum absolute atomic E-state index is 0.00675. The zero-order chi connectivity index (χ0) is 15.2. The van der Waals surface area contributed by atoms with Crippen molar-refractivity contribution in [2.75, 3.05) is 13.7 Å². The second-order valence-electron chi connectivity index (χ2n) is 4.54. The Morgan fingerprint density at radius 2 is 2.14 bits per heavy atom. The molecule has 0 amide bonds. The van der Waals surface area contributed by atoms with Gasteiger partial charge in [-0.15, -0.1) is 0 Å². The number of nitrogens with zero attached hydrogens (tertiary/aromatic N) is 2. The van der Waals surface area contributed by atoms with Gasteiger partial charge in [-0.25, -0.2) is 14.4 Å². The van der Waals surface area contributed by atoms with Crippen LogP contribution in [0.5, 0.6) is 5.88 Å². The van der Waals surface area contributed by atoms with Crippen LogP contribution in [0.1, 0.15) is 24.2 Å². The molecule has 1 atom stereocenters.